The van der Waals surface area contributed by atoms with Crippen LogP contribution in [0.5, 0.6) is 0 Å². The van der Waals surface area contributed by atoms with E-state index in [0.717, 1.165) is 44.6 Å². The fourth-order valence-corrected chi connectivity index (χ4v) is 4.77. The molecule has 1 aromatic rings. The molecule has 3 rings (SSSR count). The summed E-state index contributed by atoms with van der Waals surface area (Å²) < 4.78 is 19.9. The molecule has 0 saturated carbocycles. The van der Waals surface area contributed by atoms with Crippen LogP contribution in [-0.2, 0) is 11.3 Å². The average molecular weight is 349 g/mol. The Bertz CT molecular complexity index is 565. The van der Waals surface area contributed by atoms with Gasteiger partial charge in [-0.05, 0) is 58.9 Å². The molecular weight excluding hydrogens is 315 g/mol. The zero-order valence-corrected chi connectivity index (χ0v) is 16.1. The van der Waals surface area contributed by atoms with Gasteiger partial charge in [0, 0.05) is 42.4 Å². The van der Waals surface area contributed by atoms with Gasteiger partial charge in [0.25, 0.3) is 0 Å². The minimum Gasteiger partial charge on any atom is -0.381 e. The van der Waals surface area contributed by atoms with Crippen LogP contribution < -0.4 is 5.32 Å². The number of hydrogen-bond donors (Lipinski definition) is 1. The van der Waals surface area contributed by atoms with Gasteiger partial charge in [-0.1, -0.05) is 18.2 Å². The molecule has 1 aromatic carbocycles. The van der Waals surface area contributed by atoms with Crippen molar-refractivity contribution < 1.29 is 9.13 Å². The van der Waals surface area contributed by atoms with Gasteiger partial charge in [-0.15, -0.1) is 0 Å². The summed E-state index contributed by atoms with van der Waals surface area (Å²) in [5.74, 6) is 0.468. The minimum absolute atomic E-state index is 0.0894. The zero-order chi connectivity index (χ0) is 18.1. The van der Waals surface area contributed by atoms with Gasteiger partial charge in [-0.3, -0.25) is 4.90 Å². The monoisotopic (exact) mass is 348 g/mol. The molecule has 0 unspecified atom stereocenters. The van der Waals surface area contributed by atoms with Gasteiger partial charge in [0.05, 0.1) is 6.61 Å². The summed E-state index contributed by atoms with van der Waals surface area (Å²) in [6.07, 6.45) is 3.28. The summed E-state index contributed by atoms with van der Waals surface area (Å²) in [7, 11) is 0. The molecule has 2 heterocycles. The van der Waals surface area contributed by atoms with Crippen molar-refractivity contribution in [1.82, 2.24) is 10.2 Å². The summed E-state index contributed by atoms with van der Waals surface area (Å²) >= 11 is 0. The van der Waals surface area contributed by atoms with E-state index in [2.05, 4.69) is 37.9 Å². The topological polar surface area (TPSA) is 24.5 Å². The van der Waals surface area contributed by atoms with Crippen LogP contribution in [0.2, 0.25) is 0 Å². The number of nitrogens with zero attached hydrogens (tertiary/aromatic N) is 1. The van der Waals surface area contributed by atoms with Crippen LogP contribution >= 0.6 is 0 Å². The molecule has 3 nitrogen and oxygen atoms in total. The predicted octanol–water partition coefficient (Wildman–Crippen LogP) is 3.97. The first-order valence-corrected chi connectivity index (χ1v) is 9.59. The van der Waals surface area contributed by atoms with Gasteiger partial charge in [-0.25, -0.2) is 4.39 Å². The number of halogens is 1. The molecule has 0 spiro atoms. The number of ether oxygens (including phenoxy) is 1. The van der Waals surface area contributed by atoms with Crippen molar-refractivity contribution in [2.75, 3.05) is 19.8 Å². The number of nitrogens with one attached hydrogen (secondary N) is 1. The smallest absolute Gasteiger partial charge is 0.127 e. The maximum absolute atomic E-state index is 14.3. The van der Waals surface area contributed by atoms with Crippen molar-refractivity contribution in [3.63, 3.8) is 0 Å². The maximum atomic E-state index is 14.3. The number of hydrogen-bond acceptors (Lipinski definition) is 3. The third kappa shape index (κ3) is 5.02. The molecule has 25 heavy (non-hydrogen) atoms. The quantitative estimate of drug-likeness (QED) is 0.871. The van der Waals surface area contributed by atoms with E-state index < -0.39 is 0 Å². The first kappa shape index (κ1) is 18.8. The summed E-state index contributed by atoms with van der Waals surface area (Å²) in [4.78, 5) is 2.52. The van der Waals surface area contributed by atoms with E-state index >= 15 is 0 Å². The van der Waals surface area contributed by atoms with E-state index in [9.17, 15) is 4.39 Å². The second kappa shape index (κ2) is 7.34. The molecule has 2 fully saturated rings. The highest BCUT2D eigenvalue weighted by Crippen LogP contribution is 2.33. The molecule has 2 aliphatic rings. The van der Waals surface area contributed by atoms with E-state index in [1.165, 1.54) is 0 Å². The fraction of sp³-hybridized carbons (Fsp3) is 0.714. The van der Waals surface area contributed by atoms with E-state index in [-0.39, 0.29) is 16.9 Å². The third-order valence-electron chi connectivity index (χ3n) is 5.53. The predicted molar refractivity (Wildman–Crippen MR) is 100 cm³/mol. The zero-order valence-electron chi connectivity index (χ0n) is 16.1. The van der Waals surface area contributed by atoms with Gasteiger partial charge in [0.1, 0.15) is 5.82 Å². The summed E-state index contributed by atoms with van der Waals surface area (Å²) in [5, 5.41) is 3.76. The van der Waals surface area contributed by atoms with Crippen molar-refractivity contribution in [3.8, 4) is 0 Å². The Kier molecular flexibility index (Phi) is 5.52. The minimum atomic E-state index is -0.0948. The van der Waals surface area contributed by atoms with Crippen LogP contribution in [0, 0.1) is 11.7 Å². The Hall–Kier alpha value is -0.970. The normalized spacial score (nSPS) is 26.2. The van der Waals surface area contributed by atoms with Gasteiger partial charge in [0.2, 0.25) is 0 Å². The molecule has 0 amide bonds. The highest BCUT2D eigenvalue weighted by molar-refractivity contribution is 5.17. The molecular formula is C21H33FN2O. The van der Waals surface area contributed by atoms with Crippen LogP contribution in [0.25, 0.3) is 0 Å². The van der Waals surface area contributed by atoms with Gasteiger partial charge >= 0.3 is 0 Å². The molecule has 1 atom stereocenters. The van der Waals surface area contributed by atoms with Crippen molar-refractivity contribution in [2.45, 2.75) is 70.6 Å². The lowest BCUT2D eigenvalue weighted by Crippen LogP contribution is -2.62. The first-order valence-electron chi connectivity index (χ1n) is 9.59. The Morgan fingerprint density at radius 2 is 1.84 bits per heavy atom. The highest BCUT2D eigenvalue weighted by atomic mass is 19.1. The van der Waals surface area contributed by atoms with Gasteiger partial charge in [0.15, 0.2) is 0 Å². The third-order valence-corrected chi connectivity index (χ3v) is 5.53. The average Bonchev–Trinajstić information content (AvgIpc) is 2.98. The maximum Gasteiger partial charge on any atom is 0.127 e. The Morgan fingerprint density at radius 3 is 2.44 bits per heavy atom. The van der Waals surface area contributed by atoms with Gasteiger partial charge in [-0.2, -0.15) is 0 Å². The largest absolute Gasteiger partial charge is 0.381 e. The molecule has 1 N–H and O–H groups in total. The lowest BCUT2D eigenvalue weighted by molar-refractivity contribution is 0.0487. The van der Waals surface area contributed by atoms with Crippen molar-refractivity contribution in [2.24, 2.45) is 5.92 Å². The van der Waals surface area contributed by atoms with E-state index in [1.54, 1.807) is 12.1 Å². The first-order chi connectivity index (χ1) is 11.7. The molecule has 0 aliphatic carbocycles. The van der Waals surface area contributed by atoms with E-state index in [1.807, 2.05) is 12.1 Å². The fourth-order valence-electron chi connectivity index (χ4n) is 4.77. The Morgan fingerprint density at radius 1 is 1.16 bits per heavy atom. The van der Waals surface area contributed by atoms with Gasteiger partial charge < -0.3 is 10.1 Å². The second-order valence-electron chi connectivity index (χ2n) is 9.21. The number of benzene rings is 1. The summed E-state index contributed by atoms with van der Waals surface area (Å²) in [6, 6.07) is 7.65. The molecule has 4 heteroatoms. The summed E-state index contributed by atoms with van der Waals surface area (Å²) in [5.41, 5.74) is 0.980. The van der Waals surface area contributed by atoms with Crippen LogP contribution in [0.15, 0.2) is 24.3 Å². The molecule has 2 saturated heterocycles. The van der Waals surface area contributed by atoms with Crippen molar-refractivity contribution in [1.29, 1.82) is 0 Å². The number of piperidine rings is 1. The number of rotatable bonds is 5. The second-order valence-corrected chi connectivity index (χ2v) is 9.21. The Balaban J connectivity index is 1.81. The Labute approximate surface area is 151 Å². The lowest BCUT2D eigenvalue weighted by Gasteiger charge is -2.50. The van der Waals surface area contributed by atoms with Crippen LogP contribution in [-0.4, -0.2) is 41.8 Å². The van der Waals surface area contributed by atoms with Crippen LogP contribution in [0.1, 0.15) is 52.5 Å². The molecule has 0 aromatic heterocycles. The lowest BCUT2D eigenvalue weighted by atomic mass is 9.78. The molecule has 0 radical (unpaired) electrons. The molecule has 2 aliphatic heterocycles. The van der Waals surface area contributed by atoms with Crippen LogP contribution in [0.4, 0.5) is 4.39 Å². The van der Waals surface area contributed by atoms with Crippen molar-refractivity contribution >= 4 is 0 Å². The van der Waals surface area contributed by atoms with Crippen LogP contribution in [0.3, 0.4) is 0 Å². The standard InChI is InChI=1S/C21H33FN2O/c1-20(2)11-18(12-21(3,4)23-20)24(13-16-9-10-25-15-16)14-17-7-5-6-8-19(17)22/h5-8,16,18,23H,9-15H2,1-4H3/t16-/m0/s1. The van der Waals surface area contributed by atoms with Crippen molar-refractivity contribution in [3.05, 3.63) is 35.6 Å². The molecule has 140 valence electrons. The highest BCUT2D eigenvalue weighted by Gasteiger charge is 2.40. The SMILES string of the molecule is CC1(C)CC(N(Cc2ccccc2F)C[C@@H]2CCOC2)CC(C)(C)N1. The molecule has 0 bridgehead atoms. The van der Waals surface area contributed by atoms with E-state index in [0.29, 0.717) is 18.5 Å². The summed E-state index contributed by atoms with van der Waals surface area (Å²) in [6.45, 7) is 12.5. The van der Waals surface area contributed by atoms with E-state index in [4.69, 9.17) is 4.74 Å².